The molecule has 0 spiro atoms. The maximum atomic E-state index is 5.31. The van der Waals surface area contributed by atoms with E-state index in [4.69, 9.17) is 5.14 Å². The summed E-state index contributed by atoms with van der Waals surface area (Å²) in [5, 5.41) is 6.14. The van der Waals surface area contributed by atoms with E-state index in [0.717, 1.165) is 28.5 Å². The third-order valence-corrected chi connectivity index (χ3v) is 1.51. The quantitative estimate of drug-likeness (QED) is 0.486. The van der Waals surface area contributed by atoms with Gasteiger partial charge in [-0.3, -0.25) is 5.14 Å². The van der Waals surface area contributed by atoms with Gasteiger partial charge in [-0.05, 0) is 31.9 Å². The number of rotatable bonds is 1. The van der Waals surface area contributed by atoms with E-state index in [9.17, 15) is 0 Å². The van der Waals surface area contributed by atoms with Crippen LogP contribution < -0.4 is 5.14 Å². The summed E-state index contributed by atoms with van der Waals surface area (Å²) in [4.78, 5) is 8.18. The van der Waals surface area contributed by atoms with Crippen molar-refractivity contribution < 1.29 is 0 Å². The lowest BCUT2D eigenvalue weighted by Gasteiger charge is -1.97. The standard InChI is InChI=1S/C6H9N3S/c1-4-3-6(10-7)9-5(2)8-4/h3H,7H2,1-2H3. The molecule has 0 saturated heterocycles. The number of nitrogens with two attached hydrogens (primary N) is 1. The van der Waals surface area contributed by atoms with E-state index in [2.05, 4.69) is 9.97 Å². The van der Waals surface area contributed by atoms with Crippen molar-refractivity contribution in [2.75, 3.05) is 0 Å². The molecule has 54 valence electrons. The Bertz CT molecular complexity index is 216. The van der Waals surface area contributed by atoms with E-state index in [0.29, 0.717) is 0 Å². The highest BCUT2D eigenvalue weighted by Crippen LogP contribution is 2.08. The normalized spacial score (nSPS) is 9.90. The third kappa shape index (κ3) is 1.68. The molecule has 3 nitrogen and oxygen atoms in total. The van der Waals surface area contributed by atoms with Crippen LogP contribution in [-0.2, 0) is 0 Å². The van der Waals surface area contributed by atoms with Crippen molar-refractivity contribution in [2.24, 2.45) is 5.14 Å². The summed E-state index contributed by atoms with van der Waals surface area (Å²) in [6.07, 6.45) is 0. The predicted octanol–water partition coefficient (Wildman–Crippen LogP) is 1.06. The molecule has 1 aromatic heterocycles. The zero-order valence-electron chi connectivity index (χ0n) is 5.96. The summed E-state index contributed by atoms with van der Waals surface area (Å²) in [6, 6.07) is 1.86. The van der Waals surface area contributed by atoms with Crippen LogP contribution >= 0.6 is 11.9 Å². The fraction of sp³-hybridized carbons (Fsp3) is 0.333. The second kappa shape index (κ2) is 2.98. The highest BCUT2D eigenvalue weighted by atomic mass is 32.2. The molecule has 0 radical (unpaired) electrons. The van der Waals surface area contributed by atoms with Gasteiger partial charge in [0.25, 0.3) is 0 Å². The minimum atomic E-state index is 0.771. The lowest BCUT2D eigenvalue weighted by molar-refractivity contribution is 0.937. The van der Waals surface area contributed by atoms with Gasteiger partial charge in [-0.2, -0.15) is 0 Å². The highest BCUT2D eigenvalue weighted by molar-refractivity contribution is 7.97. The van der Waals surface area contributed by atoms with Gasteiger partial charge in [-0.15, -0.1) is 0 Å². The molecule has 0 amide bonds. The van der Waals surface area contributed by atoms with Crippen LogP contribution in [0.1, 0.15) is 11.5 Å². The van der Waals surface area contributed by atoms with E-state index in [-0.39, 0.29) is 0 Å². The number of hydrogen-bond acceptors (Lipinski definition) is 4. The van der Waals surface area contributed by atoms with Crippen molar-refractivity contribution in [3.8, 4) is 0 Å². The number of aryl methyl sites for hydroxylation is 2. The van der Waals surface area contributed by atoms with E-state index < -0.39 is 0 Å². The molecule has 1 aromatic rings. The topological polar surface area (TPSA) is 51.8 Å². The molecule has 0 aliphatic carbocycles. The Morgan fingerprint density at radius 3 is 2.60 bits per heavy atom. The molecular formula is C6H9N3S. The zero-order valence-corrected chi connectivity index (χ0v) is 6.77. The van der Waals surface area contributed by atoms with E-state index >= 15 is 0 Å². The Kier molecular flexibility index (Phi) is 2.24. The highest BCUT2D eigenvalue weighted by Gasteiger charge is 1.95. The fourth-order valence-electron chi connectivity index (χ4n) is 0.743. The Morgan fingerprint density at radius 1 is 1.40 bits per heavy atom. The summed E-state index contributed by atoms with van der Waals surface area (Å²) >= 11 is 1.15. The molecule has 0 unspecified atom stereocenters. The average molecular weight is 155 g/mol. The second-order valence-electron chi connectivity index (χ2n) is 2.01. The Balaban J connectivity index is 3.06. The van der Waals surface area contributed by atoms with Crippen LogP contribution in [0.5, 0.6) is 0 Å². The fourth-order valence-corrected chi connectivity index (χ4v) is 1.17. The van der Waals surface area contributed by atoms with Gasteiger partial charge in [0.2, 0.25) is 0 Å². The van der Waals surface area contributed by atoms with Crippen molar-refractivity contribution >= 4 is 11.9 Å². The first-order valence-corrected chi connectivity index (χ1v) is 3.79. The summed E-state index contributed by atoms with van der Waals surface area (Å²) < 4.78 is 0. The SMILES string of the molecule is Cc1cc(SN)nc(C)n1. The Hall–Kier alpha value is -0.610. The monoisotopic (exact) mass is 155 g/mol. The van der Waals surface area contributed by atoms with Crippen LogP contribution in [0.15, 0.2) is 11.1 Å². The summed E-state index contributed by atoms with van der Waals surface area (Å²) in [7, 11) is 0. The van der Waals surface area contributed by atoms with Gasteiger partial charge in [0, 0.05) is 5.69 Å². The van der Waals surface area contributed by atoms with Gasteiger partial charge in [0.1, 0.15) is 10.9 Å². The van der Waals surface area contributed by atoms with E-state index in [1.54, 1.807) is 0 Å². The van der Waals surface area contributed by atoms with Crippen molar-refractivity contribution in [3.63, 3.8) is 0 Å². The lowest BCUT2D eigenvalue weighted by Crippen LogP contribution is -1.93. The number of hydrogen-bond donors (Lipinski definition) is 1. The van der Waals surface area contributed by atoms with Crippen molar-refractivity contribution in [1.82, 2.24) is 9.97 Å². The Morgan fingerprint density at radius 2 is 2.10 bits per heavy atom. The maximum Gasteiger partial charge on any atom is 0.126 e. The van der Waals surface area contributed by atoms with Crippen LogP contribution in [0.25, 0.3) is 0 Å². The molecule has 0 aliphatic rings. The summed E-state index contributed by atoms with van der Waals surface area (Å²) in [6.45, 7) is 3.78. The smallest absolute Gasteiger partial charge is 0.126 e. The minimum absolute atomic E-state index is 0.771. The molecule has 1 rings (SSSR count). The second-order valence-corrected chi connectivity index (χ2v) is 2.67. The Labute approximate surface area is 64.2 Å². The first kappa shape index (κ1) is 7.50. The molecule has 0 fully saturated rings. The van der Waals surface area contributed by atoms with Crippen molar-refractivity contribution in [1.29, 1.82) is 0 Å². The number of aromatic nitrogens is 2. The zero-order chi connectivity index (χ0) is 7.56. The van der Waals surface area contributed by atoms with Crippen LogP contribution in [0.4, 0.5) is 0 Å². The summed E-state index contributed by atoms with van der Waals surface area (Å²) in [5.41, 5.74) is 0.959. The van der Waals surface area contributed by atoms with Gasteiger partial charge in [-0.25, -0.2) is 9.97 Å². The van der Waals surface area contributed by atoms with Gasteiger partial charge in [0.15, 0.2) is 0 Å². The molecule has 0 aliphatic heterocycles. The van der Waals surface area contributed by atoms with Gasteiger partial charge in [0.05, 0.1) is 0 Å². The molecule has 2 N–H and O–H groups in total. The van der Waals surface area contributed by atoms with Crippen LogP contribution in [-0.4, -0.2) is 9.97 Å². The minimum Gasteiger partial charge on any atom is -0.272 e. The van der Waals surface area contributed by atoms with Gasteiger partial charge in [-0.1, -0.05) is 0 Å². The van der Waals surface area contributed by atoms with Gasteiger partial charge >= 0.3 is 0 Å². The van der Waals surface area contributed by atoms with Gasteiger partial charge < -0.3 is 0 Å². The van der Waals surface area contributed by atoms with Crippen LogP contribution in [0, 0.1) is 13.8 Å². The lowest BCUT2D eigenvalue weighted by atomic mass is 10.4. The molecular weight excluding hydrogens is 146 g/mol. The molecule has 0 atom stereocenters. The van der Waals surface area contributed by atoms with E-state index in [1.807, 2.05) is 19.9 Å². The molecule has 0 saturated carbocycles. The molecule has 1 heterocycles. The first-order valence-electron chi connectivity index (χ1n) is 2.91. The largest absolute Gasteiger partial charge is 0.272 e. The molecule has 4 heteroatoms. The van der Waals surface area contributed by atoms with Crippen molar-refractivity contribution in [3.05, 3.63) is 17.6 Å². The first-order chi connectivity index (χ1) is 4.72. The van der Waals surface area contributed by atoms with E-state index in [1.165, 1.54) is 0 Å². The third-order valence-electron chi connectivity index (χ3n) is 1.06. The summed E-state index contributed by atoms with van der Waals surface area (Å²) in [5.74, 6) is 0.771. The number of nitrogens with zero attached hydrogens (tertiary/aromatic N) is 2. The maximum absolute atomic E-state index is 5.31. The van der Waals surface area contributed by atoms with Crippen molar-refractivity contribution in [2.45, 2.75) is 18.9 Å². The molecule has 10 heavy (non-hydrogen) atoms. The molecule has 0 bridgehead atoms. The van der Waals surface area contributed by atoms with Crippen LogP contribution in [0.3, 0.4) is 0 Å². The van der Waals surface area contributed by atoms with Crippen LogP contribution in [0.2, 0.25) is 0 Å². The average Bonchev–Trinajstić information content (AvgIpc) is 1.85. The predicted molar refractivity (Wildman–Crippen MR) is 41.6 cm³/mol. The molecule has 0 aromatic carbocycles.